The summed E-state index contributed by atoms with van der Waals surface area (Å²) >= 11 is 0. The van der Waals surface area contributed by atoms with Crippen LogP contribution < -0.4 is 5.73 Å². The number of carbonyl (C=O) groups excluding carboxylic acids is 1. The number of aliphatic hydroxyl groups excluding tert-OH is 1. The molecule has 1 saturated heterocycles. The van der Waals surface area contributed by atoms with Crippen LogP contribution in [0.3, 0.4) is 0 Å². The number of rotatable bonds is 3. The van der Waals surface area contributed by atoms with Gasteiger partial charge in [-0.15, -0.1) is 0 Å². The van der Waals surface area contributed by atoms with Crippen molar-refractivity contribution in [3.05, 3.63) is 11.4 Å². The van der Waals surface area contributed by atoms with E-state index in [1.54, 1.807) is 6.92 Å². The van der Waals surface area contributed by atoms with E-state index in [0.29, 0.717) is 17.9 Å². The molecule has 2 heterocycles. The van der Waals surface area contributed by atoms with Crippen molar-refractivity contribution < 1.29 is 14.5 Å². The van der Waals surface area contributed by atoms with Gasteiger partial charge in [-0.25, -0.2) is 4.63 Å². The van der Waals surface area contributed by atoms with Crippen molar-refractivity contribution in [3.8, 4) is 0 Å². The van der Waals surface area contributed by atoms with Gasteiger partial charge in [-0.05, 0) is 26.2 Å². The minimum Gasteiger partial charge on any atom is -0.392 e. The smallest absolute Gasteiger partial charge is 0.229 e. The first-order chi connectivity index (χ1) is 11.0. The molecule has 7 heteroatoms. The zero-order valence-electron chi connectivity index (χ0n) is 13.9. The monoisotopic (exact) mass is 322 g/mol. The molecule has 0 spiro atoms. The summed E-state index contributed by atoms with van der Waals surface area (Å²) < 4.78 is 4.69. The summed E-state index contributed by atoms with van der Waals surface area (Å²) in [6.45, 7) is 4.30. The predicted octanol–water partition coefficient (Wildman–Crippen LogP) is 0.790. The summed E-state index contributed by atoms with van der Waals surface area (Å²) in [5.41, 5.74) is 6.89. The Kier molecular flexibility index (Phi) is 4.42. The maximum atomic E-state index is 12.9. The molecule has 0 unspecified atom stereocenters. The van der Waals surface area contributed by atoms with E-state index in [4.69, 9.17) is 10.4 Å². The number of nitrogens with two attached hydrogens (primary N) is 1. The van der Waals surface area contributed by atoms with E-state index in [2.05, 4.69) is 17.2 Å². The highest BCUT2D eigenvalue weighted by molar-refractivity contribution is 5.79. The van der Waals surface area contributed by atoms with E-state index in [-0.39, 0.29) is 35.9 Å². The first kappa shape index (κ1) is 16.4. The van der Waals surface area contributed by atoms with Crippen LogP contribution in [0.1, 0.15) is 50.4 Å². The van der Waals surface area contributed by atoms with Crippen LogP contribution >= 0.6 is 0 Å². The molecule has 1 amide bonds. The maximum absolute atomic E-state index is 12.9. The van der Waals surface area contributed by atoms with Gasteiger partial charge in [0.1, 0.15) is 11.4 Å². The molecule has 3 rings (SSSR count). The molecular formula is C16H26N4O3. The van der Waals surface area contributed by atoms with Gasteiger partial charge in [-0.3, -0.25) is 4.79 Å². The Morgan fingerprint density at radius 2 is 2.17 bits per heavy atom. The van der Waals surface area contributed by atoms with Gasteiger partial charge in [-0.1, -0.05) is 30.1 Å². The van der Waals surface area contributed by atoms with Crippen LogP contribution in [-0.2, 0) is 11.2 Å². The zero-order chi connectivity index (χ0) is 16.6. The largest absolute Gasteiger partial charge is 0.392 e. The number of likely N-dealkylation sites (tertiary alicyclic amines) is 1. The fourth-order valence-corrected chi connectivity index (χ4v) is 4.37. The Morgan fingerprint density at radius 3 is 2.83 bits per heavy atom. The van der Waals surface area contributed by atoms with E-state index >= 15 is 0 Å². The van der Waals surface area contributed by atoms with Gasteiger partial charge >= 0.3 is 0 Å². The van der Waals surface area contributed by atoms with Crippen molar-refractivity contribution in [2.75, 3.05) is 6.54 Å². The van der Waals surface area contributed by atoms with Crippen LogP contribution in [0.2, 0.25) is 0 Å². The third-order valence-corrected chi connectivity index (χ3v) is 5.76. The lowest BCUT2D eigenvalue weighted by molar-refractivity contribution is -0.135. The fraction of sp³-hybridized carbons (Fsp3) is 0.812. The van der Waals surface area contributed by atoms with Crippen LogP contribution in [0.25, 0.3) is 0 Å². The molecule has 0 aromatic carbocycles. The van der Waals surface area contributed by atoms with E-state index in [9.17, 15) is 9.90 Å². The normalized spacial score (nSPS) is 34.3. The minimum atomic E-state index is -0.377. The maximum Gasteiger partial charge on any atom is 0.229 e. The summed E-state index contributed by atoms with van der Waals surface area (Å²) in [4.78, 5) is 14.8. The molecule has 4 atom stereocenters. The predicted molar refractivity (Wildman–Crippen MR) is 83.4 cm³/mol. The number of nitrogens with zero attached hydrogens (tertiary/aromatic N) is 3. The first-order valence-corrected chi connectivity index (χ1v) is 8.44. The number of aryl methyl sites for hydroxylation is 1. The highest BCUT2D eigenvalue weighted by Crippen LogP contribution is 2.48. The Hall–Kier alpha value is -1.47. The van der Waals surface area contributed by atoms with Gasteiger partial charge in [0.25, 0.3) is 0 Å². The first-order valence-electron chi connectivity index (χ1n) is 8.44. The van der Waals surface area contributed by atoms with Gasteiger partial charge in [0.2, 0.25) is 5.91 Å². The average molecular weight is 322 g/mol. The fourth-order valence-electron chi connectivity index (χ4n) is 4.37. The number of aromatic nitrogens is 2. The van der Waals surface area contributed by atoms with Crippen LogP contribution in [0.4, 0.5) is 0 Å². The van der Waals surface area contributed by atoms with E-state index in [0.717, 1.165) is 32.1 Å². The molecule has 1 aliphatic carbocycles. The Balaban J connectivity index is 1.86. The van der Waals surface area contributed by atoms with E-state index in [1.165, 1.54) is 0 Å². The second kappa shape index (κ2) is 6.20. The van der Waals surface area contributed by atoms with Gasteiger partial charge in [0.05, 0.1) is 12.5 Å². The number of hydrogen-bond donors (Lipinski definition) is 2. The molecule has 2 fully saturated rings. The molecule has 1 aromatic rings. The summed E-state index contributed by atoms with van der Waals surface area (Å²) in [7, 11) is 0. The quantitative estimate of drug-likeness (QED) is 0.852. The molecule has 128 valence electrons. The van der Waals surface area contributed by atoms with Gasteiger partial charge in [0.15, 0.2) is 0 Å². The molecule has 1 aromatic heterocycles. The van der Waals surface area contributed by atoms with Crippen molar-refractivity contribution >= 4 is 5.91 Å². The molecule has 7 nitrogen and oxygen atoms in total. The van der Waals surface area contributed by atoms with Gasteiger partial charge in [-0.2, -0.15) is 0 Å². The van der Waals surface area contributed by atoms with E-state index < -0.39 is 0 Å². The van der Waals surface area contributed by atoms with Crippen LogP contribution in [0.5, 0.6) is 0 Å². The molecular weight excluding hydrogens is 296 g/mol. The molecule has 2 aliphatic rings. The van der Waals surface area contributed by atoms with Crippen LogP contribution in [0.15, 0.2) is 4.63 Å². The van der Waals surface area contributed by atoms with Crippen LogP contribution in [-0.4, -0.2) is 51.0 Å². The van der Waals surface area contributed by atoms with E-state index in [1.807, 2.05) is 4.90 Å². The highest BCUT2D eigenvalue weighted by Gasteiger charge is 2.54. The van der Waals surface area contributed by atoms with Crippen molar-refractivity contribution in [1.29, 1.82) is 0 Å². The molecule has 1 aliphatic heterocycles. The number of hydrogen-bond acceptors (Lipinski definition) is 6. The Morgan fingerprint density at radius 1 is 1.43 bits per heavy atom. The second-order valence-corrected chi connectivity index (χ2v) is 7.19. The molecule has 0 radical (unpaired) electrons. The number of carbonyl (C=O) groups is 1. The third kappa shape index (κ3) is 2.76. The molecule has 0 bridgehead atoms. The minimum absolute atomic E-state index is 0.00192. The van der Waals surface area contributed by atoms with Crippen molar-refractivity contribution in [3.63, 3.8) is 0 Å². The van der Waals surface area contributed by atoms with Gasteiger partial charge < -0.3 is 15.7 Å². The second-order valence-electron chi connectivity index (χ2n) is 7.19. The van der Waals surface area contributed by atoms with Crippen molar-refractivity contribution in [1.82, 2.24) is 15.2 Å². The molecule has 23 heavy (non-hydrogen) atoms. The Bertz CT molecular complexity index is 575. The SMILES string of the molecule is Cc1nonc1CC(=O)N1[C@@H](CN)C[C@@]2(C)[C@H](O)CCCC[C@@H]12. The molecule has 1 saturated carbocycles. The summed E-state index contributed by atoms with van der Waals surface area (Å²) in [6.07, 6.45) is 4.32. The lowest BCUT2D eigenvalue weighted by atomic mass is 9.75. The number of aliphatic hydroxyl groups is 1. The zero-order valence-corrected chi connectivity index (χ0v) is 13.9. The van der Waals surface area contributed by atoms with Gasteiger partial charge in [0, 0.05) is 24.0 Å². The lowest BCUT2D eigenvalue weighted by Gasteiger charge is -2.37. The van der Waals surface area contributed by atoms with Crippen molar-refractivity contribution in [2.24, 2.45) is 11.1 Å². The standard InChI is InChI=1S/C16H26N4O3/c1-10-12(19-23-18-10)7-15(22)20-11(9-17)8-16(2)13(20)5-3-4-6-14(16)21/h11,13-14,21H,3-9,17H2,1-2H3/t11-,13-,14-,16-/m1/s1. The summed E-state index contributed by atoms with van der Waals surface area (Å²) in [5, 5.41) is 18.2. The third-order valence-electron chi connectivity index (χ3n) is 5.76. The summed E-state index contributed by atoms with van der Waals surface area (Å²) in [6, 6.07) is 0.0200. The number of fused-ring (bicyclic) bond motifs is 1. The summed E-state index contributed by atoms with van der Waals surface area (Å²) in [5.74, 6) is 0.00192. The topological polar surface area (TPSA) is 105 Å². The lowest BCUT2D eigenvalue weighted by Crippen LogP contribution is -2.49. The average Bonchev–Trinajstić information content (AvgIpc) is 3.01. The number of amides is 1. The van der Waals surface area contributed by atoms with Crippen molar-refractivity contribution in [2.45, 2.75) is 70.6 Å². The molecule has 3 N–H and O–H groups in total. The Labute approximate surface area is 136 Å². The van der Waals surface area contributed by atoms with Crippen LogP contribution in [0, 0.1) is 12.3 Å². The highest BCUT2D eigenvalue weighted by atomic mass is 16.6.